The molecule has 4 heteroatoms. The van der Waals surface area contributed by atoms with E-state index >= 15 is 0 Å². The van der Waals surface area contributed by atoms with Gasteiger partial charge < -0.3 is 9.47 Å². The van der Waals surface area contributed by atoms with Crippen LogP contribution in [0, 0.1) is 0 Å². The first-order chi connectivity index (χ1) is 20.6. The van der Waals surface area contributed by atoms with Gasteiger partial charge in [0, 0.05) is 0 Å². The summed E-state index contributed by atoms with van der Waals surface area (Å²) in [5.41, 5.74) is 0.586. The highest BCUT2D eigenvalue weighted by Gasteiger charge is 2.18. The molecular weight excluding hydrogens is 520 g/mol. The molecule has 4 nitrogen and oxygen atoms in total. The van der Waals surface area contributed by atoms with Gasteiger partial charge in [0.05, 0.1) is 24.3 Å². The van der Waals surface area contributed by atoms with E-state index in [1.807, 2.05) is 0 Å². The minimum absolute atomic E-state index is 0.293. The Kier molecular flexibility index (Phi) is 15.2. The topological polar surface area (TPSA) is 52.6 Å². The average Bonchev–Trinajstić information content (AvgIpc) is 3.03. The summed E-state index contributed by atoms with van der Waals surface area (Å²) in [6.45, 7) is 5.17. The summed E-state index contributed by atoms with van der Waals surface area (Å²) in [5.74, 6) is -0.888. The maximum absolute atomic E-state index is 12.4. The highest BCUT2D eigenvalue weighted by Crippen LogP contribution is 2.22. The third kappa shape index (κ3) is 11.3. The fourth-order valence-corrected chi connectivity index (χ4v) is 4.97. The van der Waals surface area contributed by atoms with Gasteiger partial charge in [-0.2, -0.15) is 0 Å². The summed E-state index contributed by atoms with van der Waals surface area (Å²) in [6, 6.07) is 28.2. The molecule has 4 rings (SSSR count). The van der Waals surface area contributed by atoms with E-state index in [9.17, 15) is 9.59 Å². The summed E-state index contributed by atoms with van der Waals surface area (Å²) in [7, 11) is 0. The zero-order chi connectivity index (χ0) is 29.8. The van der Waals surface area contributed by atoms with Crippen molar-refractivity contribution in [2.24, 2.45) is 0 Å². The molecule has 0 bridgehead atoms. The Morgan fingerprint density at radius 3 is 1.12 bits per heavy atom. The number of hydrogen-bond donors (Lipinski definition) is 0. The second-order valence-corrected chi connectivity index (χ2v) is 10.9. The quantitative estimate of drug-likeness (QED) is 0.0766. The summed E-state index contributed by atoms with van der Waals surface area (Å²) in [5, 5.41) is 5.25. The average molecular weight is 569 g/mol. The van der Waals surface area contributed by atoms with Crippen LogP contribution in [-0.4, -0.2) is 25.2 Å². The number of esters is 2. The fourth-order valence-electron chi connectivity index (χ4n) is 4.97. The van der Waals surface area contributed by atoms with E-state index in [2.05, 4.69) is 74.5 Å². The highest BCUT2D eigenvalue weighted by molar-refractivity contribution is 6.03. The number of carbonyl (C=O) groups excluding carboxylic acids is 2. The number of benzene rings is 4. The van der Waals surface area contributed by atoms with E-state index in [1.54, 1.807) is 24.3 Å². The van der Waals surface area contributed by atoms with Crippen molar-refractivity contribution in [3.63, 3.8) is 0 Å². The van der Waals surface area contributed by atoms with Gasteiger partial charge in [-0.1, -0.05) is 139 Å². The SMILES string of the molecule is CCCCCCCCOC(=O)c1ccccc1C(=O)OCCCCCCCC.c1ccc2cc3ccccc3cc2c1. The Bertz CT molecular complexity index is 1210. The Morgan fingerprint density at radius 2 is 0.762 bits per heavy atom. The van der Waals surface area contributed by atoms with Crippen LogP contribution in [0.3, 0.4) is 0 Å². The Morgan fingerprint density at radius 1 is 0.452 bits per heavy atom. The van der Waals surface area contributed by atoms with Crippen LogP contribution in [0.1, 0.15) is 112 Å². The predicted molar refractivity (Wildman–Crippen MR) is 175 cm³/mol. The summed E-state index contributed by atoms with van der Waals surface area (Å²) in [6.07, 6.45) is 13.6. The number of unbranched alkanes of at least 4 members (excludes halogenated alkanes) is 10. The first kappa shape index (κ1) is 32.8. The molecule has 42 heavy (non-hydrogen) atoms. The zero-order valence-corrected chi connectivity index (χ0v) is 25.6. The van der Waals surface area contributed by atoms with Crippen molar-refractivity contribution >= 4 is 33.5 Å². The van der Waals surface area contributed by atoms with E-state index in [0.29, 0.717) is 24.3 Å². The fraction of sp³-hybridized carbons (Fsp3) is 0.421. The van der Waals surface area contributed by atoms with Gasteiger partial charge in [0.2, 0.25) is 0 Å². The summed E-state index contributed by atoms with van der Waals surface area (Å²) < 4.78 is 10.7. The van der Waals surface area contributed by atoms with Crippen molar-refractivity contribution in [3.05, 3.63) is 96.1 Å². The lowest BCUT2D eigenvalue weighted by atomic mass is 10.0. The van der Waals surface area contributed by atoms with Crippen molar-refractivity contribution < 1.29 is 19.1 Å². The smallest absolute Gasteiger partial charge is 0.339 e. The van der Waals surface area contributed by atoms with Crippen molar-refractivity contribution in [1.29, 1.82) is 0 Å². The van der Waals surface area contributed by atoms with Crippen LogP contribution in [0.15, 0.2) is 84.9 Å². The third-order valence-electron chi connectivity index (χ3n) is 7.44. The molecule has 0 aliphatic rings. The lowest BCUT2D eigenvalue weighted by Crippen LogP contribution is -2.15. The molecule has 0 atom stereocenters. The van der Waals surface area contributed by atoms with Gasteiger partial charge in [-0.25, -0.2) is 9.59 Å². The molecule has 0 unspecified atom stereocenters. The molecule has 0 radical (unpaired) electrons. The van der Waals surface area contributed by atoms with E-state index < -0.39 is 11.9 Å². The molecule has 224 valence electrons. The summed E-state index contributed by atoms with van der Waals surface area (Å²) >= 11 is 0. The van der Waals surface area contributed by atoms with Gasteiger partial charge in [-0.3, -0.25) is 0 Å². The number of hydrogen-bond acceptors (Lipinski definition) is 4. The van der Waals surface area contributed by atoms with Gasteiger partial charge >= 0.3 is 11.9 Å². The van der Waals surface area contributed by atoms with Crippen LogP contribution in [-0.2, 0) is 9.47 Å². The molecule has 4 aromatic carbocycles. The van der Waals surface area contributed by atoms with Crippen molar-refractivity contribution in [1.82, 2.24) is 0 Å². The minimum atomic E-state index is -0.444. The van der Waals surface area contributed by atoms with Crippen LogP contribution in [0.4, 0.5) is 0 Å². The molecule has 0 heterocycles. The first-order valence-electron chi connectivity index (χ1n) is 15.9. The molecule has 0 spiro atoms. The van der Waals surface area contributed by atoms with Gasteiger partial charge in [0.1, 0.15) is 0 Å². The molecule has 0 fully saturated rings. The van der Waals surface area contributed by atoms with Gasteiger partial charge in [-0.15, -0.1) is 0 Å². The van der Waals surface area contributed by atoms with Crippen LogP contribution >= 0.6 is 0 Å². The highest BCUT2D eigenvalue weighted by atomic mass is 16.5. The molecule has 0 saturated carbocycles. The third-order valence-corrected chi connectivity index (χ3v) is 7.44. The summed E-state index contributed by atoms with van der Waals surface area (Å²) in [4.78, 5) is 24.7. The van der Waals surface area contributed by atoms with E-state index in [1.165, 1.54) is 72.9 Å². The van der Waals surface area contributed by atoms with Crippen molar-refractivity contribution in [2.75, 3.05) is 13.2 Å². The lowest BCUT2D eigenvalue weighted by molar-refractivity contribution is 0.0450. The molecular formula is C38H48O4. The van der Waals surface area contributed by atoms with E-state index in [4.69, 9.17) is 9.47 Å². The normalized spacial score (nSPS) is 10.7. The molecule has 4 aromatic rings. The van der Waals surface area contributed by atoms with E-state index in [0.717, 1.165) is 25.7 Å². The largest absolute Gasteiger partial charge is 0.462 e. The van der Waals surface area contributed by atoms with Crippen LogP contribution in [0.25, 0.3) is 21.5 Å². The monoisotopic (exact) mass is 568 g/mol. The standard InChI is InChI=1S/C24H38O4.C14H10/c1-3-5-7-9-11-15-19-27-23(25)21-17-13-14-18-22(21)24(26)28-20-16-12-10-8-6-4-2;1-2-6-12-10-14-8-4-3-7-13(14)9-11(12)5-1/h13-14,17-18H,3-12,15-16,19-20H2,1-2H3;1-10H. The maximum Gasteiger partial charge on any atom is 0.339 e. The van der Waals surface area contributed by atoms with Gasteiger partial charge in [0.25, 0.3) is 0 Å². The van der Waals surface area contributed by atoms with Crippen LogP contribution < -0.4 is 0 Å². The molecule has 0 aliphatic heterocycles. The van der Waals surface area contributed by atoms with Crippen molar-refractivity contribution in [3.8, 4) is 0 Å². The molecule has 0 aliphatic carbocycles. The van der Waals surface area contributed by atoms with Crippen LogP contribution in [0.2, 0.25) is 0 Å². The second-order valence-electron chi connectivity index (χ2n) is 10.9. The Labute approximate surface area is 252 Å². The second kappa shape index (κ2) is 19.5. The number of fused-ring (bicyclic) bond motifs is 2. The maximum atomic E-state index is 12.4. The molecule has 0 aromatic heterocycles. The number of rotatable bonds is 16. The molecule has 0 saturated heterocycles. The zero-order valence-electron chi connectivity index (χ0n) is 25.6. The van der Waals surface area contributed by atoms with Gasteiger partial charge in [0.15, 0.2) is 0 Å². The lowest BCUT2D eigenvalue weighted by Gasteiger charge is -2.10. The van der Waals surface area contributed by atoms with Crippen molar-refractivity contribution in [2.45, 2.75) is 90.9 Å². The first-order valence-corrected chi connectivity index (χ1v) is 15.9. The Balaban J connectivity index is 0.000000283. The van der Waals surface area contributed by atoms with Gasteiger partial charge in [-0.05, 0) is 58.7 Å². The minimum Gasteiger partial charge on any atom is -0.462 e. The number of ether oxygens (including phenoxy) is 2. The number of carbonyl (C=O) groups is 2. The molecule has 0 N–H and O–H groups in total. The molecule has 0 amide bonds. The predicted octanol–water partition coefficient (Wildman–Crippen LogP) is 10.7. The van der Waals surface area contributed by atoms with Crippen LogP contribution in [0.5, 0.6) is 0 Å². The Hall–Kier alpha value is -3.66. The van der Waals surface area contributed by atoms with E-state index in [-0.39, 0.29) is 0 Å².